The van der Waals surface area contributed by atoms with Gasteiger partial charge in [-0.15, -0.1) is 0 Å². The van der Waals surface area contributed by atoms with Crippen molar-refractivity contribution in [1.82, 2.24) is 9.78 Å². The lowest BCUT2D eigenvalue weighted by Crippen LogP contribution is -2.31. The van der Waals surface area contributed by atoms with Crippen LogP contribution in [-0.2, 0) is 11.3 Å². The summed E-state index contributed by atoms with van der Waals surface area (Å²) in [6.45, 7) is 6.41. The van der Waals surface area contributed by atoms with Gasteiger partial charge in [0.25, 0.3) is 0 Å². The van der Waals surface area contributed by atoms with Gasteiger partial charge >= 0.3 is 0 Å². The third-order valence-corrected chi connectivity index (χ3v) is 4.14. The van der Waals surface area contributed by atoms with Crippen molar-refractivity contribution in [1.29, 1.82) is 0 Å². The second-order valence-electron chi connectivity index (χ2n) is 4.64. The minimum Gasteiger partial charge on any atom is -0.386 e. The maximum Gasteiger partial charge on any atom is 0.1000 e. The lowest BCUT2D eigenvalue weighted by molar-refractivity contribution is -0.0339. The van der Waals surface area contributed by atoms with Crippen LogP contribution in [-0.4, -0.2) is 28.1 Å². The molecule has 1 saturated heterocycles. The molecule has 0 aromatic carbocycles. The first-order valence-corrected chi connectivity index (χ1v) is 6.91. The van der Waals surface area contributed by atoms with Crippen molar-refractivity contribution in [2.24, 2.45) is 11.8 Å². The molecule has 17 heavy (non-hydrogen) atoms. The Morgan fingerprint density at radius 3 is 3.12 bits per heavy atom. The highest BCUT2D eigenvalue weighted by atomic mass is 79.9. The van der Waals surface area contributed by atoms with E-state index in [1.165, 1.54) is 0 Å². The van der Waals surface area contributed by atoms with Crippen LogP contribution in [0, 0.1) is 11.8 Å². The second kappa shape index (κ2) is 5.50. The van der Waals surface area contributed by atoms with Crippen LogP contribution in [0.25, 0.3) is 0 Å². The molecule has 2 heterocycles. The number of halogens is 1. The summed E-state index contributed by atoms with van der Waals surface area (Å²) in [5.41, 5.74) is 0.895. The monoisotopic (exact) mass is 302 g/mol. The van der Waals surface area contributed by atoms with E-state index in [0.29, 0.717) is 5.92 Å². The number of rotatable bonds is 3. The fourth-order valence-electron chi connectivity index (χ4n) is 2.49. The zero-order valence-electron chi connectivity index (χ0n) is 10.3. The first kappa shape index (κ1) is 13.1. The van der Waals surface area contributed by atoms with Gasteiger partial charge in [0.2, 0.25) is 0 Å². The van der Waals surface area contributed by atoms with Gasteiger partial charge in [-0.05, 0) is 41.1 Å². The molecular formula is C12H19BrN2O2. The topological polar surface area (TPSA) is 47.3 Å². The molecule has 96 valence electrons. The Balaban J connectivity index is 2.22. The summed E-state index contributed by atoms with van der Waals surface area (Å²) in [6, 6.07) is 0. The number of hydrogen-bond acceptors (Lipinski definition) is 3. The molecule has 1 fully saturated rings. The molecular weight excluding hydrogens is 284 g/mol. The van der Waals surface area contributed by atoms with Crippen LogP contribution in [0.3, 0.4) is 0 Å². The van der Waals surface area contributed by atoms with Gasteiger partial charge in [-0.3, -0.25) is 4.68 Å². The van der Waals surface area contributed by atoms with E-state index in [2.05, 4.69) is 28.0 Å². The Labute approximate surface area is 110 Å². The van der Waals surface area contributed by atoms with Gasteiger partial charge in [-0.1, -0.05) is 6.92 Å². The summed E-state index contributed by atoms with van der Waals surface area (Å²) < 4.78 is 8.17. The lowest BCUT2D eigenvalue weighted by atomic mass is 9.84. The summed E-state index contributed by atoms with van der Waals surface area (Å²) in [6.07, 6.45) is 2.20. The number of aliphatic hydroxyl groups excluding tert-OH is 1. The Bertz CT molecular complexity index is 381. The van der Waals surface area contributed by atoms with Crippen LogP contribution in [0.5, 0.6) is 0 Å². The van der Waals surface area contributed by atoms with Gasteiger partial charge in [-0.25, -0.2) is 0 Å². The molecule has 5 heteroatoms. The van der Waals surface area contributed by atoms with E-state index in [9.17, 15) is 5.11 Å². The molecule has 3 unspecified atom stereocenters. The van der Waals surface area contributed by atoms with E-state index in [0.717, 1.165) is 36.3 Å². The molecule has 0 bridgehead atoms. The zero-order valence-corrected chi connectivity index (χ0v) is 11.9. The molecule has 0 radical (unpaired) electrons. The molecule has 0 saturated carbocycles. The van der Waals surface area contributed by atoms with E-state index < -0.39 is 6.10 Å². The fourth-order valence-corrected chi connectivity index (χ4v) is 3.02. The molecule has 1 aliphatic heterocycles. The lowest BCUT2D eigenvalue weighted by Gasteiger charge is -2.32. The highest BCUT2D eigenvalue weighted by Crippen LogP contribution is 2.36. The maximum absolute atomic E-state index is 10.6. The number of aromatic nitrogens is 2. The number of aliphatic hydroxyl groups is 1. The molecule has 0 spiro atoms. The van der Waals surface area contributed by atoms with E-state index >= 15 is 0 Å². The Morgan fingerprint density at radius 2 is 2.47 bits per heavy atom. The average molecular weight is 303 g/mol. The second-order valence-corrected chi connectivity index (χ2v) is 5.50. The minimum atomic E-state index is -0.467. The third kappa shape index (κ3) is 2.56. The fraction of sp³-hybridized carbons (Fsp3) is 0.750. The first-order valence-electron chi connectivity index (χ1n) is 6.12. The van der Waals surface area contributed by atoms with E-state index in [1.54, 1.807) is 6.20 Å². The Hall–Kier alpha value is -0.390. The Morgan fingerprint density at radius 1 is 1.71 bits per heavy atom. The van der Waals surface area contributed by atoms with Gasteiger partial charge in [0.1, 0.15) is 0 Å². The normalized spacial score (nSPS) is 27.1. The van der Waals surface area contributed by atoms with Crippen LogP contribution < -0.4 is 0 Å². The number of aryl methyl sites for hydroxylation is 1. The largest absolute Gasteiger partial charge is 0.386 e. The summed E-state index contributed by atoms with van der Waals surface area (Å²) in [5, 5.41) is 14.8. The highest BCUT2D eigenvalue weighted by Gasteiger charge is 2.32. The number of hydrogen-bond donors (Lipinski definition) is 1. The highest BCUT2D eigenvalue weighted by molar-refractivity contribution is 9.10. The van der Waals surface area contributed by atoms with Crippen molar-refractivity contribution in [3.05, 3.63) is 16.4 Å². The zero-order chi connectivity index (χ0) is 12.4. The quantitative estimate of drug-likeness (QED) is 0.932. The van der Waals surface area contributed by atoms with Gasteiger partial charge in [-0.2, -0.15) is 5.10 Å². The first-order chi connectivity index (χ1) is 8.15. The molecule has 1 aliphatic rings. The van der Waals surface area contributed by atoms with Crippen molar-refractivity contribution >= 4 is 15.9 Å². The smallest absolute Gasteiger partial charge is 0.1000 e. The molecule has 0 aliphatic carbocycles. The van der Waals surface area contributed by atoms with Gasteiger partial charge < -0.3 is 9.84 Å². The molecule has 4 nitrogen and oxygen atoms in total. The standard InChI is InChI=1S/C12H19BrN2O2/c1-3-15-11(10(13)6-14-15)12(16)9-4-5-17-7-8(9)2/h6,8-9,12,16H,3-5,7H2,1-2H3. The van der Waals surface area contributed by atoms with E-state index in [-0.39, 0.29) is 5.92 Å². The van der Waals surface area contributed by atoms with Gasteiger partial charge in [0.15, 0.2) is 0 Å². The molecule has 1 N–H and O–H groups in total. The summed E-state index contributed by atoms with van der Waals surface area (Å²) in [7, 11) is 0. The van der Waals surface area contributed by atoms with Crippen molar-refractivity contribution in [2.45, 2.75) is 32.9 Å². The van der Waals surface area contributed by atoms with Gasteiger partial charge in [0, 0.05) is 19.8 Å². The SMILES string of the molecule is CCn1ncc(Br)c1C(O)C1CCOCC1C. The van der Waals surface area contributed by atoms with Crippen LogP contribution in [0.4, 0.5) is 0 Å². The van der Waals surface area contributed by atoms with Crippen LogP contribution in [0.2, 0.25) is 0 Å². The number of nitrogens with zero attached hydrogens (tertiary/aromatic N) is 2. The average Bonchev–Trinajstić information content (AvgIpc) is 2.70. The third-order valence-electron chi connectivity index (χ3n) is 3.53. The Kier molecular flexibility index (Phi) is 4.22. The predicted octanol–water partition coefficient (Wildman–Crippen LogP) is 2.37. The molecule has 1 aromatic heterocycles. The predicted molar refractivity (Wildman–Crippen MR) is 68.7 cm³/mol. The van der Waals surface area contributed by atoms with Crippen molar-refractivity contribution in [3.8, 4) is 0 Å². The maximum atomic E-state index is 10.6. The van der Waals surface area contributed by atoms with Crippen molar-refractivity contribution < 1.29 is 9.84 Å². The molecule has 3 atom stereocenters. The van der Waals surface area contributed by atoms with Crippen LogP contribution in [0.15, 0.2) is 10.7 Å². The van der Waals surface area contributed by atoms with E-state index in [4.69, 9.17) is 4.74 Å². The number of ether oxygens (including phenoxy) is 1. The summed E-state index contributed by atoms with van der Waals surface area (Å²) in [4.78, 5) is 0. The van der Waals surface area contributed by atoms with Gasteiger partial charge in [0.05, 0.1) is 22.5 Å². The van der Waals surface area contributed by atoms with Crippen LogP contribution >= 0.6 is 15.9 Å². The van der Waals surface area contributed by atoms with E-state index in [1.807, 2.05) is 11.6 Å². The molecule has 1 aromatic rings. The summed E-state index contributed by atoms with van der Waals surface area (Å²) >= 11 is 3.47. The van der Waals surface area contributed by atoms with Crippen molar-refractivity contribution in [3.63, 3.8) is 0 Å². The minimum absolute atomic E-state index is 0.252. The van der Waals surface area contributed by atoms with Crippen molar-refractivity contribution in [2.75, 3.05) is 13.2 Å². The molecule has 2 rings (SSSR count). The van der Waals surface area contributed by atoms with Crippen LogP contribution in [0.1, 0.15) is 32.1 Å². The molecule has 0 amide bonds. The summed E-state index contributed by atoms with van der Waals surface area (Å²) in [5.74, 6) is 0.632.